The number of aliphatic hydroxyl groups is 1. The quantitative estimate of drug-likeness (QED) is 0.809. The Balaban J connectivity index is 1.61. The number of benzene rings is 1. The highest BCUT2D eigenvalue weighted by atomic mass is 16.3. The van der Waals surface area contributed by atoms with Gasteiger partial charge in [0.1, 0.15) is 0 Å². The van der Waals surface area contributed by atoms with E-state index in [4.69, 9.17) is 5.11 Å². The lowest BCUT2D eigenvalue weighted by Gasteiger charge is -2.26. The van der Waals surface area contributed by atoms with Crippen molar-refractivity contribution in [2.45, 2.75) is 31.7 Å². The minimum Gasteiger partial charge on any atom is -0.396 e. The van der Waals surface area contributed by atoms with Crippen LogP contribution in [0.5, 0.6) is 0 Å². The normalized spacial score (nSPS) is 21.7. The number of rotatable bonds is 6. The fourth-order valence-corrected chi connectivity index (χ4v) is 3.51. The lowest BCUT2D eigenvalue weighted by atomic mass is 10.1. The van der Waals surface area contributed by atoms with Crippen LogP contribution in [0, 0.1) is 0 Å². The molecule has 0 saturated carbocycles. The number of hydrogen-bond acceptors (Lipinski definition) is 4. The molecule has 22 heavy (non-hydrogen) atoms. The van der Waals surface area contributed by atoms with Gasteiger partial charge >= 0.3 is 0 Å². The van der Waals surface area contributed by atoms with Crippen molar-refractivity contribution < 1.29 is 14.7 Å². The Kier molecular flexibility index (Phi) is 4.55. The molecule has 2 aliphatic heterocycles. The summed E-state index contributed by atoms with van der Waals surface area (Å²) < 4.78 is 0. The maximum Gasteiger partial charge on any atom is 0.261 e. The molecule has 0 bridgehead atoms. The van der Waals surface area contributed by atoms with Gasteiger partial charge < -0.3 is 5.11 Å². The van der Waals surface area contributed by atoms with E-state index in [2.05, 4.69) is 4.90 Å². The summed E-state index contributed by atoms with van der Waals surface area (Å²) in [6, 6.07) is 7.49. The average molecular weight is 302 g/mol. The summed E-state index contributed by atoms with van der Waals surface area (Å²) >= 11 is 0. The summed E-state index contributed by atoms with van der Waals surface area (Å²) in [4.78, 5) is 28.4. The third-order valence-corrected chi connectivity index (χ3v) is 4.68. The summed E-state index contributed by atoms with van der Waals surface area (Å²) in [7, 11) is 0. The van der Waals surface area contributed by atoms with Crippen LogP contribution in [0.2, 0.25) is 0 Å². The van der Waals surface area contributed by atoms with Crippen LogP contribution in [0.4, 0.5) is 0 Å². The fourth-order valence-electron chi connectivity index (χ4n) is 3.51. The minimum atomic E-state index is -0.174. The largest absolute Gasteiger partial charge is 0.396 e. The van der Waals surface area contributed by atoms with Gasteiger partial charge in [-0.05, 0) is 44.4 Å². The van der Waals surface area contributed by atoms with Crippen LogP contribution in [0.3, 0.4) is 0 Å². The summed E-state index contributed by atoms with van der Waals surface area (Å²) in [5, 5.41) is 8.97. The summed E-state index contributed by atoms with van der Waals surface area (Å²) in [5.41, 5.74) is 1.04. The Morgan fingerprint density at radius 3 is 2.41 bits per heavy atom. The van der Waals surface area contributed by atoms with Crippen LogP contribution in [-0.4, -0.2) is 59.0 Å². The second-order valence-electron chi connectivity index (χ2n) is 6.01. The molecule has 1 aromatic rings. The van der Waals surface area contributed by atoms with Gasteiger partial charge in [0.15, 0.2) is 0 Å². The van der Waals surface area contributed by atoms with E-state index in [0.717, 1.165) is 38.8 Å². The first kappa shape index (κ1) is 15.2. The molecule has 0 aromatic heterocycles. The molecule has 1 N–H and O–H groups in total. The third kappa shape index (κ3) is 2.78. The van der Waals surface area contributed by atoms with Crippen LogP contribution in [0.25, 0.3) is 0 Å². The van der Waals surface area contributed by atoms with E-state index in [1.165, 1.54) is 4.90 Å². The summed E-state index contributed by atoms with van der Waals surface area (Å²) in [6.45, 7) is 2.41. The Hall–Kier alpha value is -1.72. The smallest absolute Gasteiger partial charge is 0.261 e. The first-order valence-corrected chi connectivity index (χ1v) is 8.02. The maximum absolute atomic E-state index is 12.3. The maximum atomic E-state index is 12.3. The van der Waals surface area contributed by atoms with Crippen LogP contribution in [0.15, 0.2) is 24.3 Å². The molecule has 1 unspecified atom stereocenters. The molecule has 3 rings (SSSR count). The van der Waals surface area contributed by atoms with E-state index in [0.29, 0.717) is 23.7 Å². The van der Waals surface area contributed by atoms with E-state index in [1.807, 2.05) is 0 Å². The number of imide groups is 1. The number of likely N-dealkylation sites (tertiary alicyclic amines) is 1. The van der Waals surface area contributed by atoms with Gasteiger partial charge in [0.05, 0.1) is 11.1 Å². The number of amides is 2. The van der Waals surface area contributed by atoms with Gasteiger partial charge in [-0.25, -0.2) is 0 Å². The number of hydrogen-bond donors (Lipinski definition) is 1. The Morgan fingerprint density at radius 1 is 1.09 bits per heavy atom. The number of fused-ring (bicyclic) bond motifs is 1. The van der Waals surface area contributed by atoms with Crippen molar-refractivity contribution in [2.75, 3.05) is 26.2 Å². The topological polar surface area (TPSA) is 60.9 Å². The van der Waals surface area contributed by atoms with Gasteiger partial charge in [-0.1, -0.05) is 12.1 Å². The highest BCUT2D eigenvalue weighted by molar-refractivity contribution is 6.21. The van der Waals surface area contributed by atoms with Gasteiger partial charge in [-0.3, -0.25) is 19.4 Å². The van der Waals surface area contributed by atoms with Gasteiger partial charge in [0.25, 0.3) is 11.8 Å². The molecule has 5 nitrogen and oxygen atoms in total. The van der Waals surface area contributed by atoms with E-state index in [-0.39, 0.29) is 18.4 Å². The molecule has 2 amide bonds. The molecule has 0 aliphatic carbocycles. The minimum absolute atomic E-state index is 0.174. The van der Waals surface area contributed by atoms with Crippen LogP contribution in [-0.2, 0) is 0 Å². The second kappa shape index (κ2) is 6.58. The predicted octanol–water partition coefficient (Wildman–Crippen LogP) is 1.52. The molecule has 1 atom stereocenters. The van der Waals surface area contributed by atoms with E-state index >= 15 is 0 Å². The summed E-state index contributed by atoms with van der Waals surface area (Å²) in [6.07, 6.45) is 4.09. The van der Waals surface area contributed by atoms with Crippen LogP contribution >= 0.6 is 0 Å². The lowest BCUT2D eigenvalue weighted by Crippen LogP contribution is -2.40. The van der Waals surface area contributed by atoms with Gasteiger partial charge in [-0.15, -0.1) is 0 Å². The molecule has 118 valence electrons. The van der Waals surface area contributed by atoms with Gasteiger partial charge in [0.2, 0.25) is 0 Å². The molecule has 1 fully saturated rings. The average Bonchev–Trinajstić information content (AvgIpc) is 3.08. The zero-order valence-corrected chi connectivity index (χ0v) is 12.7. The monoisotopic (exact) mass is 302 g/mol. The van der Waals surface area contributed by atoms with Crippen molar-refractivity contribution in [3.05, 3.63) is 35.4 Å². The molecular weight excluding hydrogens is 280 g/mol. The molecule has 2 aliphatic rings. The van der Waals surface area contributed by atoms with Crippen molar-refractivity contribution in [2.24, 2.45) is 0 Å². The van der Waals surface area contributed by atoms with E-state index in [9.17, 15) is 9.59 Å². The molecule has 1 saturated heterocycles. The van der Waals surface area contributed by atoms with Gasteiger partial charge in [0, 0.05) is 25.7 Å². The van der Waals surface area contributed by atoms with Gasteiger partial charge in [-0.2, -0.15) is 0 Å². The molecule has 0 spiro atoms. The van der Waals surface area contributed by atoms with E-state index in [1.54, 1.807) is 24.3 Å². The standard InChI is InChI=1S/C17H22N2O3/c20-12-4-6-13-5-3-9-18(13)10-11-19-16(21)14-7-1-2-8-15(14)17(19)22/h1-2,7-8,13,20H,3-6,9-12H2. The predicted molar refractivity (Wildman–Crippen MR) is 82.7 cm³/mol. The van der Waals surface area contributed by atoms with Crippen LogP contribution in [0.1, 0.15) is 46.4 Å². The first-order valence-electron chi connectivity index (χ1n) is 8.02. The third-order valence-electron chi connectivity index (χ3n) is 4.68. The number of nitrogens with zero attached hydrogens (tertiary/aromatic N) is 2. The van der Waals surface area contributed by atoms with Crippen molar-refractivity contribution in [1.29, 1.82) is 0 Å². The molecule has 5 heteroatoms. The molecule has 1 aromatic carbocycles. The second-order valence-corrected chi connectivity index (χ2v) is 6.01. The summed E-state index contributed by atoms with van der Waals surface area (Å²) in [5.74, 6) is -0.349. The molecular formula is C17H22N2O3. The zero-order valence-electron chi connectivity index (χ0n) is 12.7. The van der Waals surface area contributed by atoms with E-state index < -0.39 is 0 Å². The van der Waals surface area contributed by atoms with Crippen molar-refractivity contribution in [3.63, 3.8) is 0 Å². The fraction of sp³-hybridized carbons (Fsp3) is 0.529. The Bertz CT molecular complexity index is 538. The molecule has 0 radical (unpaired) electrons. The zero-order chi connectivity index (χ0) is 15.5. The Morgan fingerprint density at radius 2 is 1.77 bits per heavy atom. The molecule has 2 heterocycles. The SMILES string of the molecule is O=C1c2ccccc2C(=O)N1CCN1CCCC1CCCO. The van der Waals surface area contributed by atoms with Crippen molar-refractivity contribution in [3.8, 4) is 0 Å². The first-order chi connectivity index (χ1) is 10.7. The highest BCUT2D eigenvalue weighted by Gasteiger charge is 2.35. The van der Waals surface area contributed by atoms with Crippen molar-refractivity contribution >= 4 is 11.8 Å². The number of carbonyl (C=O) groups excluding carboxylic acids is 2. The number of carbonyl (C=O) groups is 2. The van der Waals surface area contributed by atoms with Crippen LogP contribution < -0.4 is 0 Å². The Labute approximate surface area is 130 Å². The highest BCUT2D eigenvalue weighted by Crippen LogP contribution is 2.24. The van der Waals surface area contributed by atoms with Crippen molar-refractivity contribution in [1.82, 2.24) is 9.80 Å². The lowest BCUT2D eigenvalue weighted by molar-refractivity contribution is 0.0631. The number of aliphatic hydroxyl groups excluding tert-OH is 1.